The van der Waals surface area contributed by atoms with Crippen molar-refractivity contribution in [2.45, 2.75) is 26.7 Å². The van der Waals surface area contributed by atoms with E-state index in [1.807, 2.05) is 23.5 Å². The minimum atomic E-state index is 0.392. The topological polar surface area (TPSA) is 0 Å². The van der Waals surface area contributed by atoms with E-state index in [0.717, 1.165) is 0 Å². The maximum absolute atomic E-state index is 2.20. The fourth-order valence-corrected chi connectivity index (χ4v) is 4.54. The first-order chi connectivity index (χ1) is 8.36. The summed E-state index contributed by atoms with van der Waals surface area (Å²) >= 11 is 4.03. The van der Waals surface area contributed by atoms with E-state index in [1.165, 1.54) is 22.6 Å². The third-order valence-electron chi connectivity index (χ3n) is 2.75. The van der Waals surface area contributed by atoms with Crippen molar-refractivity contribution in [1.82, 2.24) is 0 Å². The van der Waals surface area contributed by atoms with E-state index in [1.54, 1.807) is 0 Å². The van der Waals surface area contributed by atoms with Crippen molar-refractivity contribution in [2.75, 3.05) is 0 Å². The molecule has 0 N–H and O–H groups in total. The second kappa shape index (κ2) is 4.79. The maximum Gasteiger partial charge on any atom is 0.0706 e. The molecule has 0 nitrogen and oxygen atoms in total. The smallest absolute Gasteiger partial charge is 0.0706 e. The normalized spacial score (nSPS) is 16.7. The molecule has 0 bridgehead atoms. The highest BCUT2D eigenvalue weighted by Crippen LogP contribution is 2.61. The van der Waals surface area contributed by atoms with Gasteiger partial charge >= 0.3 is 0 Å². The van der Waals surface area contributed by atoms with Gasteiger partial charge in [0.15, 0.2) is 0 Å². The Labute approximate surface area is 111 Å². The van der Waals surface area contributed by atoms with E-state index in [2.05, 4.69) is 60.7 Å². The molecule has 2 aromatic rings. The molecule has 1 saturated carbocycles. The van der Waals surface area contributed by atoms with Crippen LogP contribution in [0.4, 0.5) is 0 Å². The Kier molecular flexibility index (Phi) is 3.17. The number of hydrogen-bond donors (Lipinski definition) is 0. The van der Waals surface area contributed by atoms with Crippen molar-refractivity contribution in [1.29, 1.82) is 0 Å². The van der Waals surface area contributed by atoms with Gasteiger partial charge in [0.2, 0.25) is 0 Å². The van der Waals surface area contributed by atoms with E-state index in [0.29, 0.717) is 4.08 Å². The van der Waals surface area contributed by atoms with Crippen LogP contribution in [0.5, 0.6) is 0 Å². The zero-order chi connectivity index (χ0) is 11.6. The van der Waals surface area contributed by atoms with Gasteiger partial charge in [-0.05, 0) is 37.1 Å². The molecule has 86 valence electrons. The van der Waals surface area contributed by atoms with Crippen LogP contribution in [0.25, 0.3) is 0 Å². The monoisotopic (exact) mass is 258 g/mol. The molecular weight excluding hydrogens is 244 g/mol. The van der Waals surface area contributed by atoms with E-state index in [4.69, 9.17) is 0 Å². The van der Waals surface area contributed by atoms with Crippen LogP contribution in [-0.4, -0.2) is 4.08 Å². The Morgan fingerprint density at radius 3 is 1.41 bits per heavy atom. The molecule has 3 rings (SSSR count). The van der Waals surface area contributed by atoms with Gasteiger partial charge < -0.3 is 0 Å². The Hall–Kier alpha value is -0.860. The standard InChI is InChI=1S/C15H14S2/c1-3-7-13(8-4-1)16-15(11-12-15)17-14-9-5-2-6-10-14/h1-10H,11-12H2. The lowest BCUT2D eigenvalue weighted by Crippen LogP contribution is -1.94. The molecule has 17 heavy (non-hydrogen) atoms. The summed E-state index contributed by atoms with van der Waals surface area (Å²) < 4.78 is 0.392. The van der Waals surface area contributed by atoms with Crippen molar-refractivity contribution in [3.63, 3.8) is 0 Å². The van der Waals surface area contributed by atoms with Crippen LogP contribution in [-0.2, 0) is 0 Å². The lowest BCUT2D eigenvalue weighted by molar-refractivity contribution is 1.33. The molecule has 1 fully saturated rings. The molecule has 0 spiro atoms. The van der Waals surface area contributed by atoms with E-state index < -0.39 is 0 Å². The number of benzene rings is 2. The summed E-state index contributed by atoms with van der Waals surface area (Å²) in [7, 11) is 0. The van der Waals surface area contributed by atoms with Crippen LogP contribution in [0, 0.1) is 0 Å². The molecule has 0 radical (unpaired) electrons. The van der Waals surface area contributed by atoms with Crippen LogP contribution in [0.1, 0.15) is 12.8 Å². The van der Waals surface area contributed by atoms with Gasteiger partial charge in [0, 0.05) is 9.79 Å². The van der Waals surface area contributed by atoms with Gasteiger partial charge in [-0.15, -0.1) is 23.5 Å². The summed E-state index contributed by atoms with van der Waals surface area (Å²) in [6.07, 6.45) is 2.62. The predicted octanol–water partition coefficient (Wildman–Crippen LogP) is 5.06. The molecule has 2 aromatic carbocycles. The van der Waals surface area contributed by atoms with E-state index in [9.17, 15) is 0 Å². The highest BCUT2D eigenvalue weighted by molar-refractivity contribution is 8.18. The molecule has 0 unspecified atom stereocenters. The summed E-state index contributed by atoms with van der Waals surface area (Å²) in [5, 5.41) is 0. The minimum Gasteiger partial charge on any atom is -0.108 e. The second-order valence-electron chi connectivity index (χ2n) is 4.24. The molecule has 0 aliphatic heterocycles. The summed E-state index contributed by atoms with van der Waals surface area (Å²) in [5.74, 6) is 0. The largest absolute Gasteiger partial charge is 0.108 e. The van der Waals surface area contributed by atoms with E-state index in [-0.39, 0.29) is 0 Å². The average Bonchev–Trinajstić information content (AvgIpc) is 3.11. The van der Waals surface area contributed by atoms with Crippen molar-refractivity contribution in [3.05, 3.63) is 60.7 Å². The van der Waals surface area contributed by atoms with Crippen LogP contribution >= 0.6 is 23.5 Å². The fourth-order valence-electron chi connectivity index (χ4n) is 1.73. The molecule has 0 atom stereocenters. The Balaban J connectivity index is 1.71. The quantitative estimate of drug-likeness (QED) is 0.703. The molecular formula is C15H14S2. The summed E-state index contributed by atoms with van der Waals surface area (Å²) in [6.45, 7) is 0. The number of rotatable bonds is 4. The van der Waals surface area contributed by atoms with Crippen molar-refractivity contribution in [2.24, 2.45) is 0 Å². The Morgan fingerprint density at radius 2 is 1.06 bits per heavy atom. The van der Waals surface area contributed by atoms with Crippen LogP contribution in [0.3, 0.4) is 0 Å². The molecule has 1 aliphatic rings. The Bertz CT molecular complexity index is 431. The van der Waals surface area contributed by atoms with Gasteiger partial charge in [-0.25, -0.2) is 0 Å². The van der Waals surface area contributed by atoms with Gasteiger partial charge in [0.1, 0.15) is 0 Å². The van der Waals surface area contributed by atoms with Crippen LogP contribution in [0.15, 0.2) is 70.5 Å². The van der Waals surface area contributed by atoms with Gasteiger partial charge in [0.05, 0.1) is 4.08 Å². The zero-order valence-corrected chi connectivity index (χ0v) is 11.1. The second-order valence-corrected chi connectivity index (χ2v) is 7.41. The van der Waals surface area contributed by atoms with E-state index >= 15 is 0 Å². The van der Waals surface area contributed by atoms with Gasteiger partial charge in [-0.3, -0.25) is 0 Å². The third-order valence-corrected chi connectivity index (χ3v) is 5.83. The first-order valence-electron chi connectivity index (χ1n) is 5.84. The molecule has 0 heterocycles. The third kappa shape index (κ3) is 2.88. The van der Waals surface area contributed by atoms with Crippen LogP contribution < -0.4 is 0 Å². The Morgan fingerprint density at radius 1 is 0.647 bits per heavy atom. The van der Waals surface area contributed by atoms with Gasteiger partial charge in [-0.2, -0.15) is 0 Å². The molecule has 0 amide bonds. The fraction of sp³-hybridized carbons (Fsp3) is 0.200. The molecule has 1 aliphatic carbocycles. The molecule has 0 saturated heterocycles. The highest BCUT2D eigenvalue weighted by Gasteiger charge is 2.44. The summed E-state index contributed by atoms with van der Waals surface area (Å²) in [4.78, 5) is 2.77. The predicted molar refractivity (Wildman–Crippen MR) is 76.6 cm³/mol. The summed E-state index contributed by atoms with van der Waals surface area (Å²) in [5.41, 5.74) is 0. The maximum atomic E-state index is 2.20. The lowest BCUT2D eigenvalue weighted by atomic mass is 10.4. The van der Waals surface area contributed by atoms with Crippen LogP contribution in [0.2, 0.25) is 0 Å². The number of hydrogen-bond acceptors (Lipinski definition) is 2. The summed E-state index contributed by atoms with van der Waals surface area (Å²) in [6, 6.07) is 21.4. The zero-order valence-electron chi connectivity index (χ0n) is 9.50. The van der Waals surface area contributed by atoms with Crippen molar-refractivity contribution >= 4 is 23.5 Å². The SMILES string of the molecule is c1ccc(SC2(Sc3ccccc3)CC2)cc1. The molecule has 0 aromatic heterocycles. The minimum absolute atomic E-state index is 0.392. The highest BCUT2D eigenvalue weighted by atomic mass is 32.2. The average molecular weight is 258 g/mol. The van der Waals surface area contributed by atoms with Gasteiger partial charge in [-0.1, -0.05) is 36.4 Å². The number of thioether (sulfide) groups is 2. The first kappa shape index (κ1) is 11.2. The molecule has 2 heteroatoms. The van der Waals surface area contributed by atoms with Crippen molar-refractivity contribution < 1.29 is 0 Å². The lowest BCUT2D eigenvalue weighted by Gasteiger charge is -2.14. The van der Waals surface area contributed by atoms with Gasteiger partial charge in [0.25, 0.3) is 0 Å². The van der Waals surface area contributed by atoms with Crippen molar-refractivity contribution in [3.8, 4) is 0 Å². The first-order valence-corrected chi connectivity index (χ1v) is 7.48.